The second-order valence-corrected chi connectivity index (χ2v) is 7.11. The second-order valence-electron chi connectivity index (χ2n) is 2.11. The van der Waals surface area contributed by atoms with Gasteiger partial charge in [0.15, 0.2) is 0 Å². The van der Waals surface area contributed by atoms with Crippen molar-refractivity contribution >= 4 is 43.0 Å². The Bertz CT molecular complexity index is 241. The average molecular weight is 347 g/mol. The molecule has 0 saturated heterocycles. The highest BCUT2D eigenvalue weighted by molar-refractivity contribution is 8.06. The van der Waals surface area contributed by atoms with Crippen LogP contribution in [0.2, 0.25) is 0 Å². The first-order chi connectivity index (χ1) is 6.77. The smallest absolute Gasteiger partial charge is 0.319 e. The molecule has 0 aromatic carbocycles. The van der Waals surface area contributed by atoms with E-state index in [1.54, 1.807) is 0 Å². The topological polar surface area (TPSA) is 150 Å². The fourth-order valence-electron chi connectivity index (χ4n) is 0.249. The maximum Gasteiger partial charge on any atom is 0.319 e. The second kappa shape index (κ2) is 15.6. The molecule has 116 valence electrons. The fraction of sp³-hybridized carbons (Fsp3) is 0.833. The van der Waals surface area contributed by atoms with Crippen LogP contribution in [-0.2, 0) is 28.4 Å². The van der Waals surface area contributed by atoms with Gasteiger partial charge in [-0.15, -0.1) is 0 Å². The van der Waals surface area contributed by atoms with E-state index < -0.39 is 13.4 Å². The Morgan fingerprint density at radius 1 is 1.00 bits per heavy atom. The van der Waals surface area contributed by atoms with Gasteiger partial charge in [-0.05, 0) is 30.5 Å². The highest BCUT2D eigenvalue weighted by Crippen LogP contribution is 2.26. The number of nitrogens with one attached hydrogen (secondary N) is 1. The van der Waals surface area contributed by atoms with Crippen LogP contribution in [0.4, 0.5) is 0 Å². The molecular formula is C6H23NO7P2S2. The number of rotatable bonds is 1. The third kappa shape index (κ3) is 320. The zero-order chi connectivity index (χ0) is 14.0. The molecule has 18 heavy (non-hydrogen) atoms. The number of hydrogen-bond donors (Lipinski definition) is 7. The summed E-state index contributed by atoms with van der Waals surface area (Å²) < 4.78 is 0. The number of amides is 1. The Balaban J connectivity index is -0.0000000447. The summed E-state index contributed by atoms with van der Waals surface area (Å²) in [6.07, 6.45) is 0. The van der Waals surface area contributed by atoms with Gasteiger partial charge < -0.3 is 34.7 Å². The minimum atomic E-state index is -3.81. The van der Waals surface area contributed by atoms with Crippen molar-refractivity contribution in [2.75, 3.05) is 6.54 Å². The van der Waals surface area contributed by atoms with Gasteiger partial charge in [-0.2, -0.15) is 0 Å². The van der Waals surface area contributed by atoms with Gasteiger partial charge >= 0.3 is 13.4 Å². The van der Waals surface area contributed by atoms with Crippen LogP contribution in [0.3, 0.4) is 0 Å². The van der Waals surface area contributed by atoms with Crippen LogP contribution in [0.1, 0.15) is 28.7 Å². The summed E-state index contributed by atoms with van der Waals surface area (Å²) >= 11 is 7.21. The number of hydrogen-bond acceptors (Lipinski definition) is 3. The van der Waals surface area contributed by atoms with E-state index in [2.05, 4.69) is 28.9 Å². The summed E-state index contributed by atoms with van der Waals surface area (Å²) in [5.41, 5.74) is 0. The molecule has 0 rings (SSSR count). The summed E-state index contributed by atoms with van der Waals surface area (Å²) in [5, 5.41) is 2.57. The lowest BCUT2D eigenvalue weighted by Crippen LogP contribution is -2.18. The molecule has 8 nitrogen and oxygen atoms in total. The molecule has 0 bridgehead atoms. The molecule has 0 saturated carbocycles. The Kier molecular flexibility index (Phi) is 26.9. The molecule has 0 heterocycles. The molecule has 0 radical (unpaired) electrons. The van der Waals surface area contributed by atoms with Gasteiger partial charge in [0.1, 0.15) is 0 Å². The van der Waals surface area contributed by atoms with Crippen LogP contribution in [0, 0.1) is 0 Å². The molecule has 1 amide bonds. The predicted octanol–water partition coefficient (Wildman–Crippen LogP) is -0.210. The first kappa shape index (κ1) is 31.1. The van der Waals surface area contributed by atoms with E-state index in [1.165, 1.54) is 6.92 Å². The van der Waals surface area contributed by atoms with E-state index >= 15 is 0 Å². The van der Waals surface area contributed by atoms with Crippen LogP contribution >= 0.6 is 13.4 Å². The average Bonchev–Trinajstić information content (AvgIpc) is 1.76. The van der Waals surface area contributed by atoms with Crippen LogP contribution in [0.15, 0.2) is 0 Å². The molecule has 0 aliphatic rings. The van der Waals surface area contributed by atoms with E-state index in [-0.39, 0.29) is 20.8 Å². The maximum absolute atomic E-state index is 9.93. The molecular weight excluding hydrogens is 324 g/mol. The summed E-state index contributed by atoms with van der Waals surface area (Å²) in [7, 11) is 0. The standard InChI is InChI=1S/C4H9NO.2CH4.2H3O3PS/c1-3-5-4(2)6;;;2*1-4(2,3)5/h3H2,1-2H3,(H,5,6);2*1H4;2*(H3,1,2,3,5). The van der Waals surface area contributed by atoms with E-state index in [4.69, 9.17) is 29.4 Å². The lowest BCUT2D eigenvalue weighted by Gasteiger charge is -1.88. The Morgan fingerprint density at radius 3 is 1.17 bits per heavy atom. The van der Waals surface area contributed by atoms with Gasteiger partial charge in [0.25, 0.3) is 0 Å². The first-order valence-corrected chi connectivity index (χ1v) is 8.90. The lowest BCUT2D eigenvalue weighted by molar-refractivity contribution is -0.118. The quantitative estimate of drug-likeness (QED) is 0.320. The zero-order valence-electron chi connectivity index (χ0n) is 8.51. The van der Waals surface area contributed by atoms with Crippen molar-refractivity contribution in [1.29, 1.82) is 0 Å². The summed E-state index contributed by atoms with van der Waals surface area (Å²) in [4.78, 5) is 55.3. The van der Waals surface area contributed by atoms with Gasteiger partial charge in [0, 0.05) is 13.5 Å². The van der Waals surface area contributed by atoms with E-state index in [1.807, 2.05) is 6.92 Å². The first-order valence-electron chi connectivity index (χ1n) is 3.58. The van der Waals surface area contributed by atoms with Crippen molar-refractivity contribution in [1.82, 2.24) is 5.32 Å². The molecule has 0 aliphatic heterocycles. The van der Waals surface area contributed by atoms with Gasteiger partial charge in [-0.1, -0.05) is 14.9 Å². The lowest BCUT2D eigenvalue weighted by atomic mass is 10.6. The molecule has 0 atom stereocenters. The van der Waals surface area contributed by atoms with E-state index in [0.717, 1.165) is 6.54 Å². The third-order valence-corrected chi connectivity index (χ3v) is 0.426. The van der Waals surface area contributed by atoms with Crippen molar-refractivity contribution in [2.24, 2.45) is 0 Å². The highest BCUT2D eigenvalue weighted by atomic mass is 32.5. The minimum absolute atomic E-state index is 0. The van der Waals surface area contributed by atoms with Gasteiger partial charge in [-0.25, -0.2) is 0 Å². The zero-order valence-corrected chi connectivity index (χ0v) is 11.9. The van der Waals surface area contributed by atoms with Crippen molar-refractivity contribution in [3.05, 3.63) is 0 Å². The molecule has 0 aromatic heterocycles. The summed E-state index contributed by atoms with van der Waals surface area (Å²) in [5.74, 6) is 0.0394. The molecule has 0 fully saturated rings. The molecule has 12 heteroatoms. The number of carbonyl (C=O) groups excluding carboxylic acids is 1. The van der Waals surface area contributed by atoms with Crippen LogP contribution in [0.5, 0.6) is 0 Å². The maximum atomic E-state index is 9.93. The molecule has 0 aliphatic carbocycles. The van der Waals surface area contributed by atoms with E-state index in [0.29, 0.717) is 0 Å². The minimum Gasteiger partial charge on any atom is -0.357 e. The summed E-state index contributed by atoms with van der Waals surface area (Å²) in [6, 6.07) is 0. The van der Waals surface area contributed by atoms with Crippen molar-refractivity contribution in [3.63, 3.8) is 0 Å². The van der Waals surface area contributed by atoms with E-state index in [9.17, 15) is 4.79 Å². The molecule has 7 N–H and O–H groups in total. The van der Waals surface area contributed by atoms with Gasteiger partial charge in [0.05, 0.1) is 0 Å². The van der Waals surface area contributed by atoms with Crippen molar-refractivity contribution < 1.29 is 34.2 Å². The number of carbonyl (C=O) groups is 1. The molecule has 0 aromatic rings. The fourth-order valence-corrected chi connectivity index (χ4v) is 0.249. The van der Waals surface area contributed by atoms with Gasteiger partial charge in [0.2, 0.25) is 5.91 Å². The SMILES string of the molecule is C.C.CCNC(C)=O.OP(O)(O)=S.OP(O)(O)=S. The monoisotopic (exact) mass is 347 g/mol. The van der Waals surface area contributed by atoms with Crippen LogP contribution in [-0.4, -0.2) is 41.8 Å². The van der Waals surface area contributed by atoms with Crippen LogP contribution < -0.4 is 5.32 Å². The van der Waals surface area contributed by atoms with Crippen molar-refractivity contribution in [3.8, 4) is 0 Å². The van der Waals surface area contributed by atoms with Crippen LogP contribution in [0.25, 0.3) is 0 Å². The Hall–Kier alpha value is 0.530. The Morgan fingerprint density at radius 2 is 1.17 bits per heavy atom. The largest absolute Gasteiger partial charge is 0.357 e. The normalized spacial score (nSPS) is 9.11. The summed E-state index contributed by atoms with van der Waals surface area (Å²) in [6.45, 7) is -3.49. The molecule has 0 unspecified atom stereocenters. The van der Waals surface area contributed by atoms with Crippen molar-refractivity contribution in [2.45, 2.75) is 28.7 Å². The van der Waals surface area contributed by atoms with Gasteiger partial charge in [-0.3, -0.25) is 4.79 Å². The predicted molar refractivity (Wildman–Crippen MR) is 79.7 cm³/mol. The Labute approximate surface area is 118 Å². The highest BCUT2D eigenvalue weighted by Gasteiger charge is 1.92. The molecule has 0 spiro atoms. The third-order valence-electron chi connectivity index (χ3n) is 0.426.